The second-order valence-electron chi connectivity index (χ2n) is 8.18. The zero-order chi connectivity index (χ0) is 22.4. The Labute approximate surface area is 181 Å². The number of carbonyl (C=O) groups is 3. The van der Waals surface area contributed by atoms with Crippen molar-refractivity contribution in [1.82, 2.24) is 9.88 Å². The number of nitrogens with zero attached hydrogens (tertiary/aromatic N) is 1. The molecule has 7 nitrogen and oxygen atoms in total. The number of hydrogen-bond donors (Lipinski definition) is 1. The summed E-state index contributed by atoms with van der Waals surface area (Å²) < 4.78 is 12.2. The van der Waals surface area contributed by atoms with E-state index in [-0.39, 0.29) is 13.0 Å². The van der Waals surface area contributed by atoms with Gasteiger partial charge in [-0.2, -0.15) is 0 Å². The maximum absolute atomic E-state index is 12.9. The van der Waals surface area contributed by atoms with Gasteiger partial charge >= 0.3 is 12.1 Å². The van der Waals surface area contributed by atoms with Crippen LogP contribution in [0.2, 0.25) is 0 Å². The maximum atomic E-state index is 12.9. The molecule has 0 unspecified atom stereocenters. The first-order valence-electron chi connectivity index (χ1n) is 10.0. The molecule has 1 amide bonds. The highest BCUT2D eigenvalue weighted by atomic mass is 16.6. The average Bonchev–Trinajstić information content (AvgIpc) is 3.08. The number of aromatic nitrogens is 1. The third-order valence-corrected chi connectivity index (χ3v) is 4.56. The van der Waals surface area contributed by atoms with Crippen LogP contribution < -0.4 is 5.32 Å². The second-order valence-corrected chi connectivity index (χ2v) is 8.18. The quantitative estimate of drug-likeness (QED) is 0.462. The molecule has 1 atom stereocenters. The molecule has 31 heavy (non-hydrogen) atoms. The fourth-order valence-corrected chi connectivity index (χ4v) is 3.22. The van der Waals surface area contributed by atoms with Crippen LogP contribution in [-0.4, -0.2) is 34.7 Å². The van der Waals surface area contributed by atoms with Crippen molar-refractivity contribution in [3.05, 3.63) is 71.9 Å². The molecule has 0 fully saturated rings. The summed E-state index contributed by atoms with van der Waals surface area (Å²) in [7, 11) is 0. The van der Waals surface area contributed by atoms with E-state index in [1.165, 1.54) is 4.57 Å². The summed E-state index contributed by atoms with van der Waals surface area (Å²) in [5.41, 5.74) is 1.59. The fraction of sp³-hybridized carbons (Fsp3) is 0.292. The molecule has 0 aliphatic carbocycles. The van der Waals surface area contributed by atoms with Crippen molar-refractivity contribution in [3.8, 4) is 0 Å². The Morgan fingerprint density at radius 2 is 1.74 bits per heavy atom. The normalized spacial score (nSPS) is 12.2. The van der Waals surface area contributed by atoms with Gasteiger partial charge in [-0.1, -0.05) is 48.5 Å². The predicted molar refractivity (Wildman–Crippen MR) is 117 cm³/mol. The Bertz CT molecular complexity index is 1070. The molecule has 0 aliphatic heterocycles. The topological polar surface area (TPSA) is 86.6 Å². The monoisotopic (exact) mass is 422 g/mol. The molecule has 0 aliphatic rings. The fourth-order valence-electron chi connectivity index (χ4n) is 3.22. The highest BCUT2D eigenvalue weighted by Crippen LogP contribution is 2.22. The molecule has 0 spiro atoms. The van der Waals surface area contributed by atoms with Gasteiger partial charge < -0.3 is 14.8 Å². The van der Waals surface area contributed by atoms with Crippen LogP contribution in [0.4, 0.5) is 4.79 Å². The van der Waals surface area contributed by atoms with Crippen molar-refractivity contribution in [1.29, 1.82) is 0 Å². The Balaban J connectivity index is 1.82. The van der Waals surface area contributed by atoms with E-state index in [1.807, 2.05) is 54.6 Å². The number of esters is 1. The lowest BCUT2D eigenvalue weighted by molar-refractivity contribution is -0.147. The summed E-state index contributed by atoms with van der Waals surface area (Å²) in [6.07, 6.45) is 1.80. The van der Waals surface area contributed by atoms with Crippen LogP contribution >= 0.6 is 0 Å². The van der Waals surface area contributed by atoms with Crippen LogP contribution in [0, 0.1) is 0 Å². The Kier molecular flexibility index (Phi) is 6.74. The summed E-state index contributed by atoms with van der Waals surface area (Å²) in [6, 6.07) is 15.7. The molecule has 3 aromatic rings. The first-order valence-corrected chi connectivity index (χ1v) is 10.0. The Morgan fingerprint density at radius 3 is 2.42 bits per heavy atom. The number of hydrogen-bond acceptors (Lipinski definition) is 5. The minimum absolute atomic E-state index is 0.0856. The van der Waals surface area contributed by atoms with Gasteiger partial charge in [0.1, 0.15) is 18.2 Å². The maximum Gasteiger partial charge on any atom is 0.408 e. The molecule has 0 saturated carbocycles. The Morgan fingerprint density at radius 1 is 1.06 bits per heavy atom. The predicted octanol–water partition coefficient (Wildman–Crippen LogP) is 3.86. The summed E-state index contributed by atoms with van der Waals surface area (Å²) in [5, 5.41) is 3.44. The summed E-state index contributed by atoms with van der Waals surface area (Å²) in [5.74, 6) is -0.586. The summed E-state index contributed by atoms with van der Waals surface area (Å²) >= 11 is 0. The Hall–Kier alpha value is -3.61. The van der Waals surface area contributed by atoms with Gasteiger partial charge in [-0.05, 0) is 38.0 Å². The molecule has 1 aromatic heterocycles. The molecule has 7 heteroatoms. The highest BCUT2D eigenvalue weighted by Gasteiger charge is 2.27. The summed E-state index contributed by atoms with van der Waals surface area (Å²) in [6.45, 7) is 5.31. The molecule has 1 heterocycles. The largest absolute Gasteiger partial charge is 0.459 e. The second kappa shape index (κ2) is 9.47. The van der Waals surface area contributed by atoms with Crippen molar-refractivity contribution in [3.63, 3.8) is 0 Å². The first kappa shape index (κ1) is 22.1. The van der Waals surface area contributed by atoms with Crippen LogP contribution in [0.15, 0.2) is 60.8 Å². The van der Waals surface area contributed by atoms with Crippen LogP contribution in [0.3, 0.4) is 0 Å². The molecule has 1 N–H and O–H groups in total. The number of para-hydroxylation sites is 1. The van der Waals surface area contributed by atoms with Crippen molar-refractivity contribution in [2.45, 2.75) is 45.4 Å². The van der Waals surface area contributed by atoms with Crippen molar-refractivity contribution < 1.29 is 23.9 Å². The molecule has 2 aromatic carbocycles. The number of alkyl carbamates (subject to hydrolysis) is 1. The van der Waals surface area contributed by atoms with E-state index in [2.05, 4.69) is 5.32 Å². The van der Waals surface area contributed by atoms with Crippen molar-refractivity contribution in [2.24, 2.45) is 0 Å². The zero-order valence-corrected chi connectivity index (χ0v) is 17.8. The standard InChI is InChI=1S/C24H26N2O5/c1-24(2,3)31-23(29)25-20(22(28)30-15-17-9-5-4-6-10-17)13-18-14-26(16-27)21-12-8-7-11-19(18)21/h4-12,14,16,20H,13,15H2,1-3H3,(H,25,29)/t20-/m0/s1. The minimum Gasteiger partial charge on any atom is -0.459 e. The van der Waals surface area contributed by atoms with Gasteiger partial charge in [-0.25, -0.2) is 9.59 Å². The molecule has 3 rings (SSSR count). The SMILES string of the molecule is CC(C)(C)OC(=O)N[C@@H](Cc1cn(C=O)c2ccccc12)C(=O)OCc1ccccc1. The van der Waals surface area contributed by atoms with E-state index in [0.717, 1.165) is 22.0 Å². The number of ether oxygens (including phenoxy) is 2. The smallest absolute Gasteiger partial charge is 0.408 e. The van der Waals surface area contributed by atoms with Gasteiger partial charge in [0.25, 0.3) is 0 Å². The molecule has 162 valence electrons. The van der Waals surface area contributed by atoms with E-state index in [1.54, 1.807) is 27.0 Å². The van der Waals surface area contributed by atoms with E-state index in [0.29, 0.717) is 6.41 Å². The molecular weight excluding hydrogens is 396 g/mol. The minimum atomic E-state index is -0.982. The molecular formula is C24H26N2O5. The number of carbonyl (C=O) groups excluding carboxylic acids is 3. The zero-order valence-electron chi connectivity index (χ0n) is 17.8. The highest BCUT2D eigenvalue weighted by molar-refractivity contribution is 5.90. The van der Waals surface area contributed by atoms with Gasteiger partial charge in [0.2, 0.25) is 6.41 Å². The number of amides is 1. The summed E-state index contributed by atoms with van der Waals surface area (Å²) in [4.78, 5) is 36.7. The van der Waals surface area contributed by atoms with Gasteiger partial charge in [0, 0.05) is 18.0 Å². The third-order valence-electron chi connectivity index (χ3n) is 4.56. The molecule has 0 saturated heterocycles. The van der Waals surface area contributed by atoms with Gasteiger partial charge in [0.15, 0.2) is 0 Å². The van der Waals surface area contributed by atoms with E-state index in [4.69, 9.17) is 9.47 Å². The van der Waals surface area contributed by atoms with Gasteiger partial charge in [-0.15, -0.1) is 0 Å². The lowest BCUT2D eigenvalue weighted by atomic mass is 10.1. The lowest BCUT2D eigenvalue weighted by Gasteiger charge is -2.23. The van der Waals surface area contributed by atoms with Crippen LogP contribution in [0.25, 0.3) is 10.9 Å². The number of rotatable bonds is 7. The van der Waals surface area contributed by atoms with Crippen LogP contribution in [0.5, 0.6) is 0 Å². The van der Waals surface area contributed by atoms with Crippen LogP contribution in [-0.2, 0) is 32.1 Å². The molecule has 0 bridgehead atoms. The van der Waals surface area contributed by atoms with E-state index < -0.39 is 23.7 Å². The first-order chi connectivity index (χ1) is 14.8. The lowest BCUT2D eigenvalue weighted by Crippen LogP contribution is -2.45. The van der Waals surface area contributed by atoms with Crippen molar-refractivity contribution in [2.75, 3.05) is 0 Å². The number of benzene rings is 2. The molecule has 0 radical (unpaired) electrons. The van der Waals surface area contributed by atoms with Crippen LogP contribution in [0.1, 0.15) is 31.9 Å². The van der Waals surface area contributed by atoms with Gasteiger partial charge in [-0.3, -0.25) is 9.36 Å². The number of fused-ring (bicyclic) bond motifs is 1. The van der Waals surface area contributed by atoms with Gasteiger partial charge in [0.05, 0.1) is 5.52 Å². The average molecular weight is 422 g/mol. The third kappa shape index (κ3) is 5.94. The van der Waals surface area contributed by atoms with E-state index >= 15 is 0 Å². The van der Waals surface area contributed by atoms with E-state index in [9.17, 15) is 14.4 Å². The van der Waals surface area contributed by atoms with Crippen molar-refractivity contribution >= 4 is 29.4 Å². The number of nitrogens with one attached hydrogen (secondary N) is 1.